The van der Waals surface area contributed by atoms with E-state index in [0.717, 1.165) is 18.9 Å². The molecule has 2 N–H and O–H groups in total. The highest BCUT2D eigenvalue weighted by atomic mass is 32.1. The molecule has 1 saturated carbocycles. The van der Waals surface area contributed by atoms with E-state index in [4.69, 9.17) is 4.74 Å². The van der Waals surface area contributed by atoms with Gasteiger partial charge in [-0.1, -0.05) is 31.2 Å². The van der Waals surface area contributed by atoms with Gasteiger partial charge in [0, 0.05) is 11.9 Å². The minimum absolute atomic E-state index is 0.336. The lowest BCUT2D eigenvalue weighted by Crippen LogP contribution is -2.43. The lowest BCUT2D eigenvalue weighted by Gasteiger charge is -2.28. The van der Waals surface area contributed by atoms with Crippen LogP contribution in [0, 0.1) is 0 Å². The summed E-state index contributed by atoms with van der Waals surface area (Å²) < 4.78 is 5.82. The van der Waals surface area contributed by atoms with Crippen LogP contribution in [0.4, 0.5) is 22.0 Å². The monoisotopic (exact) mass is 552 g/mol. The third-order valence-corrected chi connectivity index (χ3v) is 7.79. The van der Waals surface area contributed by atoms with Crippen molar-refractivity contribution in [3.63, 3.8) is 0 Å². The Bertz CT molecular complexity index is 1670. The van der Waals surface area contributed by atoms with Gasteiger partial charge in [-0.3, -0.25) is 9.59 Å². The molecule has 4 aromatic rings. The lowest BCUT2D eigenvalue weighted by molar-refractivity contribution is -0.113. The number of amides is 4. The van der Waals surface area contributed by atoms with Crippen LogP contribution in [-0.4, -0.2) is 39.6 Å². The van der Waals surface area contributed by atoms with E-state index in [1.54, 1.807) is 30.6 Å². The number of aromatic nitrogens is 2. The number of urea groups is 1. The number of carbonyl (C=O) groups excluding carboxylic acids is 3. The summed E-state index contributed by atoms with van der Waals surface area (Å²) in [5.74, 6) is 0.814. The molecule has 0 saturated heterocycles. The minimum atomic E-state index is -0.451. The maximum atomic E-state index is 13.5. The summed E-state index contributed by atoms with van der Waals surface area (Å²) in [7, 11) is 0. The van der Waals surface area contributed by atoms with E-state index in [1.807, 2.05) is 30.3 Å². The summed E-state index contributed by atoms with van der Waals surface area (Å²) in [4.78, 5) is 54.1. The maximum absolute atomic E-state index is 13.5. The first-order valence-corrected chi connectivity index (χ1v) is 13.6. The van der Waals surface area contributed by atoms with Crippen LogP contribution in [0.3, 0.4) is 0 Å². The SMILES string of the molecule is C=CC(=O)/N=C1\CCCC[C@H]1NC(=O)c1sc2nccc3c2c1NC(=O)N3c1ccc(Oc2ccccc2)cn1. The van der Waals surface area contributed by atoms with Crippen molar-refractivity contribution in [3.8, 4) is 11.5 Å². The van der Waals surface area contributed by atoms with Crippen molar-refractivity contribution in [3.05, 3.63) is 78.5 Å². The number of ether oxygens (including phenoxy) is 1. The summed E-state index contributed by atoms with van der Waals surface area (Å²) in [5, 5.41) is 6.54. The number of hydrogen-bond donors (Lipinski definition) is 2. The molecule has 1 fully saturated rings. The molecule has 10 nitrogen and oxygen atoms in total. The maximum Gasteiger partial charge on any atom is 0.332 e. The zero-order chi connectivity index (χ0) is 27.6. The Kier molecular flexibility index (Phi) is 6.79. The van der Waals surface area contributed by atoms with Crippen molar-refractivity contribution in [1.29, 1.82) is 0 Å². The van der Waals surface area contributed by atoms with Gasteiger partial charge in [-0.25, -0.2) is 24.7 Å². The van der Waals surface area contributed by atoms with Crippen molar-refractivity contribution in [2.24, 2.45) is 4.99 Å². The van der Waals surface area contributed by atoms with Crippen molar-refractivity contribution in [2.45, 2.75) is 31.7 Å². The molecule has 4 amide bonds. The third kappa shape index (κ3) is 4.82. The molecule has 1 aliphatic heterocycles. The summed E-state index contributed by atoms with van der Waals surface area (Å²) in [5.41, 5.74) is 1.61. The molecule has 4 heterocycles. The van der Waals surface area contributed by atoms with Crippen molar-refractivity contribution < 1.29 is 19.1 Å². The lowest BCUT2D eigenvalue weighted by atomic mass is 9.93. The van der Waals surface area contributed by atoms with Crippen LogP contribution in [0.2, 0.25) is 0 Å². The predicted octanol–water partition coefficient (Wildman–Crippen LogP) is 5.99. The first kappa shape index (κ1) is 25.4. The molecule has 0 radical (unpaired) electrons. The highest BCUT2D eigenvalue weighted by Gasteiger charge is 2.34. The topological polar surface area (TPSA) is 126 Å². The number of pyridine rings is 2. The standard InChI is InChI=1S/C29H24N6O4S/c1-2-23(36)32-19-10-6-7-11-20(19)33-27(37)26-25-24-21(14-15-30-28(24)40-26)35(29(38)34-25)22-13-12-18(16-31-22)39-17-8-4-3-5-9-17/h2-5,8-9,12-16,20H,1,6-7,10-11H2,(H,33,37)(H,34,38)/b32-19+/t20-/m1/s1. The van der Waals surface area contributed by atoms with Gasteiger partial charge < -0.3 is 15.4 Å². The number of nitrogens with one attached hydrogen (secondary N) is 2. The van der Waals surface area contributed by atoms with E-state index in [2.05, 4.69) is 32.2 Å². The first-order valence-electron chi connectivity index (χ1n) is 12.8. The van der Waals surface area contributed by atoms with Crippen LogP contribution >= 0.6 is 11.3 Å². The molecule has 3 aromatic heterocycles. The summed E-state index contributed by atoms with van der Waals surface area (Å²) in [6.07, 6.45) is 7.42. The van der Waals surface area contributed by atoms with Crippen molar-refractivity contribution >= 4 is 62.3 Å². The number of benzene rings is 1. The van der Waals surface area contributed by atoms with Crippen LogP contribution in [0.5, 0.6) is 11.5 Å². The molecular formula is C29H24N6O4S. The number of hydrogen-bond acceptors (Lipinski definition) is 7. The van der Waals surface area contributed by atoms with Gasteiger partial charge in [-0.2, -0.15) is 0 Å². The van der Waals surface area contributed by atoms with Gasteiger partial charge in [0.15, 0.2) is 0 Å². The fraction of sp³-hybridized carbons (Fsp3) is 0.172. The number of para-hydroxylation sites is 1. The normalized spacial score (nSPS) is 17.4. The fourth-order valence-corrected chi connectivity index (χ4v) is 5.88. The number of thiophene rings is 1. The number of carbonyl (C=O) groups is 3. The minimum Gasteiger partial charge on any atom is -0.456 e. The van der Waals surface area contributed by atoms with Gasteiger partial charge >= 0.3 is 6.03 Å². The van der Waals surface area contributed by atoms with Gasteiger partial charge in [0.25, 0.3) is 11.8 Å². The fourth-order valence-electron chi connectivity index (χ4n) is 4.86. The second-order valence-electron chi connectivity index (χ2n) is 9.27. The molecule has 0 bridgehead atoms. The molecule has 1 atom stereocenters. The van der Waals surface area contributed by atoms with Crippen LogP contribution < -0.4 is 20.3 Å². The van der Waals surface area contributed by atoms with Gasteiger partial charge in [-0.15, -0.1) is 11.3 Å². The van der Waals surface area contributed by atoms with Crippen LogP contribution in [0.15, 0.2) is 78.6 Å². The quantitative estimate of drug-likeness (QED) is 0.283. The zero-order valence-electron chi connectivity index (χ0n) is 21.3. The molecule has 1 aliphatic carbocycles. The first-order chi connectivity index (χ1) is 19.5. The van der Waals surface area contributed by atoms with E-state index < -0.39 is 11.9 Å². The second kappa shape index (κ2) is 10.7. The molecule has 40 heavy (non-hydrogen) atoms. The molecule has 1 aromatic carbocycles. The molecule has 6 rings (SSSR count). The Hall–Kier alpha value is -4.90. The van der Waals surface area contributed by atoms with E-state index in [1.165, 1.54) is 16.2 Å². The molecule has 2 aliphatic rings. The van der Waals surface area contributed by atoms with E-state index in [-0.39, 0.29) is 11.9 Å². The summed E-state index contributed by atoms with van der Waals surface area (Å²) in [6.45, 7) is 3.47. The van der Waals surface area contributed by atoms with Crippen LogP contribution in [0.1, 0.15) is 35.4 Å². The van der Waals surface area contributed by atoms with Gasteiger partial charge in [0.05, 0.1) is 29.0 Å². The summed E-state index contributed by atoms with van der Waals surface area (Å²) in [6, 6.07) is 13.7. The van der Waals surface area contributed by atoms with Crippen LogP contribution in [-0.2, 0) is 4.79 Å². The van der Waals surface area contributed by atoms with Crippen LogP contribution in [0.25, 0.3) is 10.2 Å². The number of aliphatic imine (C=N–C) groups is 1. The Morgan fingerprint density at radius 1 is 1.12 bits per heavy atom. The predicted molar refractivity (Wildman–Crippen MR) is 154 cm³/mol. The molecule has 11 heteroatoms. The molecule has 200 valence electrons. The number of rotatable bonds is 6. The highest BCUT2D eigenvalue weighted by molar-refractivity contribution is 7.21. The smallest absolute Gasteiger partial charge is 0.332 e. The van der Waals surface area contributed by atoms with Gasteiger partial charge in [0.1, 0.15) is 27.0 Å². The molecule has 0 unspecified atom stereocenters. The van der Waals surface area contributed by atoms with E-state index in [9.17, 15) is 14.4 Å². The average Bonchev–Trinajstić information content (AvgIpc) is 3.35. The number of anilines is 3. The Labute approximate surface area is 233 Å². The average molecular weight is 553 g/mol. The molecular weight excluding hydrogens is 528 g/mol. The Morgan fingerprint density at radius 3 is 2.75 bits per heavy atom. The second-order valence-corrected chi connectivity index (χ2v) is 10.3. The van der Waals surface area contributed by atoms with Crippen molar-refractivity contribution in [2.75, 3.05) is 10.2 Å². The highest BCUT2D eigenvalue weighted by Crippen LogP contribution is 2.45. The third-order valence-electron chi connectivity index (χ3n) is 6.69. The zero-order valence-corrected chi connectivity index (χ0v) is 22.1. The molecule has 0 spiro atoms. The van der Waals surface area contributed by atoms with Crippen molar-refractivity contribution in [1.82, 2.24) is 15.3 Å². The number of nitrogens with zero attached hydrogens (tertiary/aromatic N) is 4. The Morgan fingerprint density at radius 2 is 1.98 bits per heavy atom. The van der Waals surface area contributed by atoms with Gasteiger partial charge in [-0.05, 0) is 55.7 Å². The largest absolute Gasteiger partial charge is 0.456 e. The summed E-state index contributed by atoms with van der Waals surface area (Å²) >= 11 is 1.19. The van der Waals surface area contributed by atoms with Gasteiger partial charge in [0.2, 0.25) is 0 Å². The Balaban J connectivity index is 1.29. The van der Waals surface area contributed by atoms with E-state index >= 15 is 0 Å². The van der Waals surface area contributed by atoms with E-state index in [0.29, 0.717) is 62.3 Å².